The highest BCUT2D eigenvalue weighted by Gasteiger charge is 2.43. The number of hydrogen-bond donors (Lipinski definition) is 2. The van der Waals surface area contributed by atoms with Crippen LogP contribution in [0.15, 0.2) is 11.3 Å². The average Bonchev–Trinajstić information content (AvgIpc) is 2.52. The van der Waals surface area contributed by atoms with Gasteiger partial charge in [-0.05, 0) is 19.3 Å². The molecule has 0 fully saturated rings. The molecule has 1 rings (SSSR count). The van der Waals surface area contributed by atoms with Gasteiger partial charge in [-0.3, -0.25) is 4.79 Å². The lowest BCUT2D eigenvalue weighted by atomic mass is 9.97. The summed E-state index contributed by atoms with van der Waals surface area (Å²) in [6, 6.07) is -1.22. The van der Waals surface area contributed by atoms with E-state index in [0.29, 0.717) is 12.0 Å². The van der Waals surface area contributed by atoms with Crippen molar-refractivity contribution in [3.05, 3.63) is 11.3 Å². The van der Waals surface area contributed by atoms with Crippen LogP contribution in [0.1, 0.15) is 47.0 Å². The normalized spacial score (nSPS) is 21.4. The molecule has 0 aliphatic carbocycles. The number of rotatable bonds is 6. The van der Waals surface area contributed by atoms with Crippen molar-refractivity contribution >= 4 is 11.9 Å². The summed E-state index contributed by atoms with van der Waals surface area (Å²) in [4.78, 5) is 24.8. The Morgan fingerprint density at radius 1 is 1.42 bits per heavy atom. The second-order valence-electron chi connectivity index (χ2n) is 5.34. The second kappa shape index (κ2) is 6.08. The number of unbranched alkanes of at least 4 members (excludes halogenated alkanes) is 1. The molecule has 108 valence electrons. The van der Waals surface area contributed by atoms with E-state index in [1.54, 1.807) is 6.92 Å². The molecule has 0 radical (unpaired) electrons. The number of amides is 1. The fourth-order valence-electron chi connectivity index (χ4n) is 2.72. The van der Waals surface area contributed by atoms with Crippen molar-refractivity contribution < 1.29 is 19.8 Å². The highest BCUT2D eigenvalue weighted by atomic mass is 16.4. The summed E-state index contributed by atoms with van der Waals surface area (Å²) < 4.78 is 0. The van der Waals surface area contributed by atoms with E-state index in [0.717, 1.165) is 12.8 Å². The van der Waals surface area contributed by atoms with Gasteiger partial charge in [0.1, 0.15) is 6.04 Å². The molecule has 1 heterocycles. The van der Waals surface area contributed by atoms with Crippen molar-refractivity contribution in [2.75, 3.05) is 0 Å². The molecular formula is C14H23NO4. The van der Waals surface area contributed by atoms with E-state index in [2.05, 4.69) is 0 Å². The maximum Gasteiger partial charge on any atom is 0.326 e. The molecule has 0 aromatic carbocycles. The first-order valence-corrected chi connectivity index (χ1v) is 6.81. The molecule has 0 aromatic heterocycles. The van der Waals surface area contributed by atoms with Crippen LogP contribution >= 0.6 is 0 Å². The number of nitrogens with zero attached hydrogens (tertiary/aromatic N) is 1. The Balaban J connectivity index is 3.02. The quantitative estimate of drug-likeness (QED) is 0.775. The zero-order valence-electron chi connectivity index (χ0n) is 12.0. The minimum atomic E-state index is -1.01. The Morgan fingerprint density at radius 2 is 2.00 bits per heavy atom. The van der Waals surface area contributed by atoms with Gasteiger partial charge in [-0.1, -0.05) is 33.6 Å². The highest BCUT2D eigenvalue weighted by molar-refractivity contribution is 5.98. The van der Waals surface area contributed by atoms with Crippen LogP contribution in [0.3, 0.4) is 0 Å². The van der Waals surface area contributed by atoms with Crippen molar-refractivity contribution in [1.82, 2.24) is 4.90 Å². The Kier molecular flexibility index (Phi) is 4.97. The van der Waals surface area contributed by atoms with E-state index in [9.17, 15) is 19.8 Å². The number of carbonyl (C=O) groups excluding carboxylic acids is 1. The van der Waals surface area contributed by atoms with Crippen molar-refractivity contribution in [3.8, 4) is 0 Å². The Hall–Kier alpha value is -1.52. The molecule has 0 saturated carbocycles. The molecule has 2 unspecified atom stereocenters. The predicted molar refractivity (Wildman–Crippen MR) is 71.7 cm³/mol. The molecule has 1 aliphatic heterocycles. The molecule has 0 saturated heterocycles. The average molecular weight is 269 g/mol. The van der Waals surface area contributed by atoms with E-state index in [-0.39, 0.29) is 17.7 Å². The highest BCUT2D eigenvalue weighted by Crippen LogP contribution is 2.32. The van der Waals surface area contributed by atoms with Crippen molar-refractivity contribution in [3.63, 3.8) is 0 Å². The van der Waals surface area contributed by atoms with E-state index in [4.69, 9.17) is 0 Å². The van der Waals surface area contributed by atoms with E-state index in [1.807, 2.05) is 20.8 Å². The van der Waals surface area contributed by atoms with Crippen LogP contribution in [0.5, 0.6) is 0 Å². The van der Waals surface area contributed by atoms with Gasteiger partial charge in [0.2, 0.25) is 0 Å². The van der Waals surface area contributed by atoms with Crippen LogP contribution in [0.4, 0.5) is 0 Å². The molecular weight excluding hydrogens is 246 g/mol. The first-order valence-electron chi connectivity index (χ1n) is 6.81. The smallest absolute Gasteiger partial charge is 0.326 e. The van der Waals surface area contributed by atoms with Crippen LogP contribution in [0.2, 0.25) is 0 Å². The zero-order valence-corrected chi connectivity index (χ0v) is 12.0. The van der Waals surface area contributed by atoms with Gasteiger partial charge < -0.3 is 15.1 Å². The standard InChI is InChI=1S/C14H23NO4/c1-5-6-7-10(14(18)19)15-9(4)11(8(2)3)12(16)13(15)17/h8-10,16H,5-7H2,1-4H3,(H,18,19). The molecule has 0 aromatic rings. The first-order chi connectivity index (χ1) is 8.82. The van der Waals surface area contributed by atoms with Gasteiger partial charge >= 0.3 is 5.97 Å². The Labute approximate surface area is 113 Å². The van der Waals surface area contributed by atoms with Crippen molar-refractivity contribution in [2.24, 2.45) is 5.92 Å². The van der Waals surface area contributed by atoms with Crippen molar-refractivity contribution in [2.45, 2.75) is 59.0 Å². The maximum atomic E-state index is 12.1. The summed E-state index contributed by atoms with van der Waals surface area (Å²) in [5.41, 5.74) is 0.632. The lowest BCUT2D eigenvalue weighted by Crippen LogP contribution is -2.47. The SMILES string of the molecule is CCCCC(C(=O)O)N1C(=O)C(O)=C(C(C)C)C1C. The fourth-order valence-corrected chi connectivity index (χ4v) is 2.72. The van der Waals surface area contributed by atoms with E-state index < -0.39 is 17.9 Å². The minimum Gasteiger partial charge on any atom is -0.503 e. The predicted octanol–water partition coefficient (Wildman–Crippen LogP) is 2.33. The Morgan fingerprint density at radius 3 is 2.37 bits per heavy atom. The number of aliphatic hydroxyl groups excluding tert-OH is 1. The topological polar surface area (TPSA) is 77.8 Å². The molecule has 2 N–H and O–H groups in total. The van der Waals surface area contributed by atoms with Crippen LogP contribution in [-0.4, -0.2) is 39.1 Å². The molecule has 1 aliphatic rings. The largest absolute Gasteiger partial charge is 0.503 e. The van der Waals surface area contributed by atoms with Gasteiger partial charge in [0.25, 0.3) is 5.91 Å². The molecule has 1 amide bonds. The van der Waals surface area contributed by atoms with Gasteiger partial charge in [0.15, 0.2) is 5.76 Å². The van der Waals surface area contributed by atoms with Crippen LogP contribution < -0.4 is 0 Å². The second-order valence-corrected chi connectivity index (χ2v) is 5.34. The maximum absolute atomic E-state index is 12.1. The monoisotopic (exact) mass is 269 g/mol. The summed E-state index contributed by atoms with van der Waals surface area (Å²) in [6.07, 6.45) is 2.03. The number of hydrogen-bond acceptors (Lipinski definition) is 3. The molecule has 19 heavy (non-hydrogen) atoms. The molecule has 2 atom stereocenters. The number of carboxylic acids is 1. The summed E-state index contributed by atoms with van der Waals surface area (Å²) in [5, 5.41) is 19.2. The summed E-state index contributed by atoms with van der Waals surface area (Å²) in [7, 11) is 0. The Bertz CT molecular complexity index is 400. The van der Waals surface area contributed by atoms with E-state index in [1.165, 1.54) is 4.90 Å². The van der Waals surface area contributed by atoms with Gasteiger partial charge in [-0.15, -0.1) is 0 Å². The summed E-state index contributed by atoms with van der Waals surface area (Å²) in [6.45, 7) is 7.53. The zero-order chi connectivity index (χ0) is 14.7. The van der Waals surface area contributed by atoms with E-state index >= 15 is 0 Å². The van der Waals surface area contributed by atoms with Gasteiger partial charge in [-0.2, -0.15) is 0 Å². The van der Waals surface area contributed by atoms with Crippen LogP contribution in [0.25, 0.3) is 0 Å². The number of carboxylic acid groups (broad SMARTS) is 1. The molecule has 0 bridgehead atoms. The molecule has 0 spiro atoms. The summed E-state index contributed by atoms with van der Waals surface area (Å²) >= 11 is 0. The fraction of sp³-hybridized carbons (Fsp3) is 0.714. The number of aliphatic hydroxyl groups is 1. The third-order valence-electron chi connectivity index (χ3n) is 3.65. The third kappa shape index (κ3) is 2.91. The minimum absolute atomic E-state index is 0.0181. The van der Waals surface area contributed by atoms with Gasteiger partial charge in [0, 0.05) is 5.57 Å². The van der Waals surface area contributed by atoms with Gasteiger partial charge in [-0.25, -0.2) is 4.79 Å². The van der Waals surface area contributed by atoms with Crippen LogP contribution in [-0.2, 0) is 9.59 Å². The lowest BCUT2D eigenvalue weighted by molar-refractivity contribution is -0.150. The molecule has 5 heteroatoms. The first kappa shape index (κ1) is 15.5. The van der Waals surface area contributed by atoms with Crippen molar-refractivity contribution in [1.29, 1.82) is 0 Å². The van der Waals surface area contributed by atoms with Gasteiger partial charge in [0.05, 0.1) is 6.04 Å². The number of aliphatic carboxylic acids is 1. The number of carbonyl (C=O) groups is 2. The molecule has 5 nitrogen and oxygen atoms in total. The summed E-state index contributed by atoms with van der Waals surface area (Å²) in [5.74, 6) is -1.82. The third-order valence-corrected chi connectivity index (χ3v) is 3.65. The lowest BCUT2D eigenvalue weighted by Gasteiger charge is -2.30. The van der Waals surface area contributed by atoms with Crippen LogP contribution in [0, 0.1) is 5.92 Å².